The number of carbonyl (C=O) groups is 1. The van der Waals surface area contributed by atoms with Gasteiger partial charge in [0.2, 0.25) is 5.91 Å². The molecule has 0 heterocycles. The van der Waals surface area contributed by atoms with Gasteiger partial charge in [-0.2, -0.15) is 5.26 Å². The molecule has 0 aliphatic carbocycles. The van der Waals surface area contributed by atoms with Crippen LogP contribution in [0.1, 0.15) is 38.7 Å². The second-order valence-electron chi connectivity index (χ2n) is 5.52. The summed E-state index contributed by atoms with van der Waals surface area (Å²) in [6.07, 6.45) is 0.951. The Kier molecular flexibility index (Phi) is 6.24. The van der Waals surface area contributed by atoms with Crippen molar-refractivity contribution in [3.8, 4) is 6.07 Å². The molecular formula is C17H24N2O. The third-order valence-electron chi connectivity index (χ3n) is 3.78. The Morgan fingerprint density at radius 3 is 2.40 bits per heavy atom. The summed E-state index contributed by atoms with van der Waals surface area (Å²) in [7, 11) is 1.79. The van der Waals surface area contributed by atoms with E-state index in [1.54, 1.807) is 11.9 Å². The normalized spacial score (nSPS) is 14.9. The van der Waals surface area contributed by atoms with Crippen molar-refractivity contribution in [2.75, 3.05) is 13.6 Å². The van der Waals surface area contributed by atoms with Crippen LogP contribution in [0.15, 0.2) is 30.3 Å². The maximum Gasteiger partial charge on any atom is 0.230 e. The zero-order chi connectivity index (χ0) is 15.1. The lowest BCUT2D eigenvalue weighted by atomic mass is 9.84. The number of rotatable bonds is 6. The van der Waals surface area contributed by atoms with Crippen molar-refractivity contribution in [2.45, 2.75) is 33.1 Å². The molecule has 0 saturated carbocycles. The molecule has 3 nitrogen and oxygen atoms in total. The molecule has 1 rings (SSSR count). The number of likely N-dealkylation sites (N-methyl/N-ethyl adjacent to an activating group) is 1. The van der Waals surface area contributed by atoms with Crippen LogP contribution in [0.3, 0.4) is 0 Å². The van der Waals surface area contributed by atoms with E-state index >= 15 is 0 Å². The van der Waals surface area contributed by atoms with Crippen LogP contribution in [0.5, 0.6) is 0 Å². The standard InChI is InChI=1S/C17H24N2O/c1-5-14(3)16(15-9-7-6-8-10-15)17(20)19(4)12-13(2)11-18/h6-10,13-14,16H,5,12H2,1-4H3. The average Bonchev–Trinajstić information content (AvgIpc) is 2.47. The van der Waals surface area contributed by atoms with Gasteiger partial charge in [-0.3, -0.25) is 4.79 Å². The van der Waals surface area contributed by atoms with Crippen molar-refractivity contribution in [3.63, 3.8) is 0 Å². The molecule has 20 heavy (non-hydrogen) atoms. The second-order valence-corrected chi connectivity index (χ2v) is 5.52. The monoisotopic (exact) mass is 272 g/mol. The predicted molar refractivity (Wildman–Crippen MR) is 81.1 cm³/mol. The molecule has 0 N–H and O–H groups in total. The Labute approximate surface area is 122 Å². The molecule has 1 aromatic carbocycles. The number of nitriles is 1. The first-order chi connectivity index (χ1) is 9.51. The van der Waals surface area contributed by atoms with Gasteiger partial charge in [-0.05, 0) is 18.4 Å². The van der Waals surface area contributed by atoms with Gasteiger partial charge >= 0.3 is 0 Å². The summed E-state index contributed by atoms with van der Waals surface area (Å²) in [5.74, 6) is 0.117. The maximum atomic E-state index is 12.7. The fourth-order valence-electron chi connectivity index (χ4n) is 2.39. The lowest BCUT2D eigenvalue weighted by Gasteiger charge is -2.28. The highest BCUT2D eigenvalue weighted by Gasteiger charge is 2.28. The van der Waals surface area contributed by atoms with Crippen LogP contribution >= 0.6 is 0 Å². The molecular weight excluding hydrogens is 248 g/mol. The summed E-state index contributed by atoms with van der Waals surface area (Å²) in [5.41, 5.74) is 1.06. The summed E-state index contributed by atoms with van der Waals surface area (Å²) in [4.78, 5) is 14.4. The smallest absolute Gasteiger partial charge is 0.230 e. The minimum atomic E-state index is -0.141. The number of hydrogen-bond acceptors (Lipinski definition) is 2. The largest absolute Gasteiger partial charge is 0.344 e. The van der Waals surface area contributed by atoms with E-state index in [1.807, 2.05) is 37.3 Å². The van der Waals surface area contributed by atoms with E-state index in [-0.39, 0.29) is 23.7 Å². The number of benzene rings is 1. The zero-order valence-corrected chi connectivity index (χ0v) is 12.8. The van der Waals surface area contributed by atoms with Crippen molar-refractivity contribution < 1.29 is 4.79 Å². The Hall–Kier alpha value is -1.82. The summed E-state index contributed by atoms with van der Waals surface area (Å²) < 4.78 is 0. The molecule has 3 heteroatoms. The minimum absolute atomic E-state index is 0.104. The molecule has 1 amide bonds. The first kappa shape index (κ1) is 16.2. The second kappa shape index (κ2) is 7.69. The molecule has 3 unspecified atom stereocenters. The van der Waals surface area contributed by atoms with Crippen LogP contribution in [-0.4, -0.2) is 24.4 Å². The van der Waals surface area contributed by atoms with Gasteiger partial charge in [0.25, 0.3) is 0 Å². The molecule has 0 radical (unpaired) electrons. The van der Waals surface area contributed by atoms with E-state index in [0.717, 1.165) is 12.0 Å². The Morgan fingerprint density at radius 2 is 1.90 bits per heavy atom. The van der Waals surface area contributed by atoms with Crippen molar-refractivity contribution in [1.82, 2.24) is 4.90 Å². The highest BCUT2D eigenvalue weighted by Crippen LogP contribution is 2.28. The van der Waals surface area contributed by atoms with E-state index in [2.05, 4.69) is 19.9 Å². The van der Waals surface area contributed by atoms with Gasteiger partial charge in [-0.1, -0.05) is 50.6 Å². The molecule has 0 aliphatic heterocycles. The van der Waals surface area contributed by atoms with Crippen LogP contribution in [0.2, 0.25) is 0 Å². The SMILES string of the molecule is CCC(C)C(C(=O)N(C)CC(C)C#N)c1ccccc1. The Balaban J connectivity index is 2.95. The van der Waals surface area contributed by atoms with Gasteiger partial charge in [0.15, 0.2) is 0 Å². The molecule has 0 fully saturated rings. The summed E-state index contributed by atoms with van der Waals surface area (Å²) in [5, 5.41) is 8.89. The summed E-state index contributed by atoms with van der Waals surface area (Å²) in [6, 6.07) is 12.1. The van der Waals surface area contributed by atoms with Crippen molar-refractivity contribution in [1.29, 1.82) is 5.26 Å². The number of hydrogen-bond donors (Lipinski definition) is 0. The third-order valence-corrected chi connectivity index (χ3v) is 3.78. The molecule has 108 valence electrons. The van der Waals surface area contributed by atoms with E-state index < -0.39 is 0 Å². The van der Waals surface area contributed by atoms with E-state index in [9.17, 15) is 4.79 Å². The summed E-state index contributed by atoms with van der Waals surface area (Å²) >= 11 is 0. The first-order valence-electron chi connectivity index (χ1n) is 7.20. The fourth-order valence-corrected chi connectivity index (χ4v) is 2.39. The van der Waals surface area contributed by atoms with E-state index in [4.69, 9.17) is 5.26 Å². The summed E-state index contributed by atoms with van der Waals surface area (Å²) in [6.45, 7) is 6.53. The minimum Gasteiger partial charge on any atom is -0.344 e. The van der Waals surface area contributed by atoms with Crippen LogP contribution < -0.4 is 0 Å². The van der Waals surface area contributed by atoms with Gasteiger partial charge in [0, 0.05) is 13.6 Å². The molecule has 0 bridgehead atoms. The average molecular weight is 272 g/mol. The Bertz CT molecular complexity index is 464. The number of amides is 1. The van der Waals surface area contributed by atoms with Crippen molar-refractivity contribution in [3.05, 3.63) is 35.9 Å². The third kappa shape index (κ3) is 4.09. The lowest BCUT2D eigenvalue weighted by Crippen LogP contribution is -2.37. The fraction of sp³-hybridized carbons (Fsp3) is 0.529. The molecule has 3 atom stereocenters. The highest BCUT2D eigenvalue weighted by atomic mass is 16.2. The van der Waals surface area contributed by atoms with E-state index in [0.29, 0.717) is 6.54 Å². The van der Waals surface area contributed by atoms with Crippen molar-refractivity contribution >= 4 is 5.91 Å². The van der Waals surface area contributed by atoms with Gasteiger partial charge in [0.1, 0.15) is 0 Å². The van der Waals surface area contributed by atoms with Gasteiger partial charge in [-0.25, -0.2) is 0 Å². The molecule has 0 aliphatic rings. The molecule has 0 aromatic heterocycles. The Morgan fingerprint density at radius 1 is 1.30 bits per heavy atom. The highest BCUT2D eigenvalue weighted by molar-refractivity contribution is 5.83. The van der Waals surface area contributed by atoms with Crippen molar-refractivity contribution in [2.24, 2.45) is 11.8 Å². The quantitative estimate of drug-likeness (QED) is 0.796. The molecule has 0 saturated heterocycles. The van der Waals surface area contributed by atoms with Gasteiger partial charge in [0.05, 0.1) is 17.9 Å². The number of carbonyl (C=O) groups excluding carboxylic acids is 1. The number of nitrogens with zero attached hydrogens (tertiary/aromatic N) is 2. The van der Waals surface area contributed by atoms with Crippen LogP contribution in [0.25, 0.3) is 0 Å². The van der Waals surface area contributed by atoms with E-state index in [1.165, 1.54) is 0 Å². The van der Waals surface area contributed by atoms with Crippen LogP contribution in [0, 0.1) is 23.2 Å². The predicted octanol–water partition coefficient (Wildman–Crippen LogP) is 3.43. The molecule has 1 aromatic rings. The van der Waals surface area contributed by atoms with Crippen LogP contribution in [-0.2, 0) is 4.79 Å². The molecule has 0 spiro atoms. The first-order valence-corrected chi connectivity index (χ1v) is 7.20. The topological polar surface area (TPSA) is 44.1 Å². The van der Waals surface area contributed by atoms with Gasteiger partial charge in [-0.15, -0.1) is 0 Å². The van der Waals surface area contributed by atoms with Gasteiger partial charge < -0.3 is 4.90 Å². The lowest BCUT2D eigenvalue weighted by molar-refractivity contribution is -0.133. The van der Waals surface area contributed by atoms with Crippen LogP contribution in [0.4, 0.5) is 0 Å². The zero-order valence-electron chi connectivity index (χ0n) is 12.8. The maximum absolute atomic E-state index is 12.7.